The Bertz CT molecular complexity index is 1300. The Hall–Kier alpha value is -3.76. The predicted octanol–water partition coefficient (Wildman–Crippen LogP) is 5.03. The third-order valence-electron chi connectivity index (χ3n) is 4.02. The van der Waals surface area contributed by atoms with Crippen molar-refractivity contribution in [3.63, 3.8) is 0 Å². The molecule has 5 nitrogen and oxygen atoms in total. The number of rotatable bonds is 4. The van der Waals surface area contributed by atoms with E-state index < -0.39 is 11.4 Å². The van der Waals surface area contributed by atoms with Crippen LogP contribution in [0, 0.1) is 17.1 Å². The van der Waals surface area contributed by atoms with Gasteiger partial charge in [0.1, 0.15) is 28.1 Å². The molecule has 136 valence electrons. The van der Waals surface area contributed by atoms with Gasteiger partial charge >= 0.3 is 5.63 Å². The molecule has 0 radical (unpaired) electrons. The minimum absolute atomic E-state index is 0.227. The molecule has 4 aromatic rings. The van der Waals surface area contributed by atoms with Crippen LogP contribution in [0.3, 0.4) is 0 Å². The van der Waals surface area contributed by atoms with Gasteiger partial charge in [0.15, 0.2) is 0 Å². The number of hydrogen-bond donors (Lipinski definition) is 1. The van der Waals surface area contributed by atoms with E-state index >= 15 is 0 Å². The molecule has 0 aliphatic heterocycles. The van der Waals surface area contributed by atoms with Gasteiger partial charge in [0.25, 0.3) is 0 Å². The Labute approximate surface area is 163 Å². The fraction of sp³-hybridized carbons (Fsp3) is 0. The first-order valence-electron chi connectivity index (χ1n) is 8.26. The second-order valence-electron chi connectivity index (χ2n) is 5.82. The zero-order valence-electron chi connectivity index (χ0n) is 14.3. The standard InChI is InChI=1S/C21H12FN3O2S/c22-16-6-2-3-7-17(16)24-11-14(10-23)20-25-18(12-28-20)15-9-13-5-1-4-8-19(13)27-21(15)26/h1-9,11-12,24H. The van der Waals surface area contributed by atoms with Gasteiger partial charge in [-0.3, -0.25) is 0 Å². The quantitative estimate of drug-likeness (QED) is 0.391. The largest absolute Gasteiger partial charge is 0.422 e. The van der Waals surface area contributed by atoms with Crippen LogP contribution < -0.4 is 10.9 Å². The number of benzene rings is 2. The number of thiazole rings is 1. The summed E-state index contributed by atoms with van der Waals surface area (Å²) in [5.74, 6) is -0.426. The summed E-state index contributed by atoms with van der Waals surface area (Å²) >= 11 is 1.21. The number of allylic oxidation sites excluding steroid dienone is 1. The summed E-state index contributed by atoms with van der Waals surface area (Å²) in [6, 6.07) is 17.1. The van der Waals surface area contributed by atoms with E-state index in [0.29, 0.717) is 21.8 Å². The highest BCUT2D eigenvalue weighted by Gasteiger charge is 2.14. The lowest BCUT2D eigenvalue weighted by atomic mass is 10.1. The minimum atomic E-state index is -0.498. The van der Waals surface area contributed by atoms with Crippen LogP contribution in [-0.2, 0) is 0 Å². The van der Waals surface area contributed by atoms with Gasteiger partial charge in [0, 0.05) is 17.0 Å². The van der Waals surface area contributed by atoms with E-state index in [-0.39, 0.29) is 11.3 Å². The zero-order valence-corrected chi connectivity index (χ0v) is 15.2. The predicted molar refractivity (Wildman–Crippen MR) is 107 cm³/mol. The Morgan fingerprint density at radius 3 is 2.82 bits per heavy atom. The lowest BCUT2D eigenvalue weighted by Gasteiger charge is -2.02. The molecule has 2 aromatic carbocycles. The summed E-state index contributed by atoms with van der Waals surface area (Å²) < 4.78 is 19.0. The maximum absolute atomic E-state index is 13.7. The van der Waals surface area contributed by atoms with Crippen LogP contribution in [0.1, 0.15) is 5.01 Å². The van der Waals surface area contributed by atoms with Gasteiger partial charge in [0.2, 0.25) is 0 Å². The van der Waals surface area contributed by atoms with Crippen molar-refractivity contribution in [3.05, 3.63) is 87.4 Å². The molecule has 28 heavy (non-hydrogen) atoms. The Balaban J connectivity index is 1.68. The normalized spacial score (nSPS) is 11.4. The van der Waals surface area contributed by atoms with Gasteiger partial charge in [-0.05, 0) is 24.3 Å². The molecule has 4 rings (SSSR count). The highest BCUT2D eigenvalue weighted by atomic mass is 32.1. The molecule has 7 heteroatoms. The third kappa shape index (κ3) is 3.41. The number of nitrogens with zero attached hydrogens (tertiary/aromatic N) is 2. The number of hydrogen-bond acceptors (Lipinski definition) is 6. The SMILES string of the molecule is N#CC(=CNc1ccccc1F)c1nc(-c2cc3ccccc3oc2=O)cs1. The third-order valence-corrected chi connectivity index (χ3v) is 4.89. The second-order valence-corrected chi connectivity index (χ2v) is 6.68. The summed E-state index contributed by atoms with van der Waals surface area (Å²) in [6.07, 6.45) is 1.39. The second kappa shape index (κ2) is 7.47. The number of fused-ring (bicyclic) bond motifs is 1. The van der Waals surface area contributed by atoms with Crippen molar-refractivity contribution in [1.82, 2.24) is 4.98 Å². The highest BCUT2D eigenvalue weighted by Crippen LogP contribution is 2.26. The molecular weight excluding hydrogens is 377 g/mol. The van der Waals surface area contributed by atoms with Gasteiger partial charge in [-0.2, -0.15) is 5.26 Å². The van der Waals surface area contributed by atoms with Crippen molar-refractivity contribution in [1.29, 1.82) is 5.26 Å². The maximum atomic E-state index is 13.7. The summed E-state index contributed by atoms with van der Waals surface area (Å²) in [5.41, 5.74) is 1.22. The van der Waals surface area contributed by atoms with Crippen LogP contribution in [0.25, 0.3) is 27.8 Å². The van der Waals surface area contributed by atoms with Crippen LogP contribution in [0.4, 0.5) is 10.1 Å². The van der Waals surface area contributed by atoms with Crippen LogP contribution >= 0.6 is 11.3 Å². The van der Waals surface area contributed by atoms with E-state index in [4.69, 9.17) is 4.42 Å². The number of aromatic nitrogens is 1. The molecule has 0 spiro atoms. The highest BCUT2D eigenvalue weighted by molar-refractivity contribution is 7.11. The number of para-hydroxylation sites is 2. The summed E-state index contributed by atoms with van der Waals surface area (Å²) in [7, 11) is 0. The van der Waals surface area contributed by atoms with E-state index in [1.54, 1.807) is 41.8 Å². The first-order chi connectivity index (χ1) is 13.7. The Morgan fingerprint density at radius 1 is 1.21 bits per heavy atom. The molecule has 0 saturated heterocycles. The molecule has 1 N–H and O–H groups in total. The molecule has 0 fully saturated rings. The molecule has 2 heterocycles. The summed E-state index contributed by atoms with van der Waals surface area (Å²) in [4.78, 5) is 16.7. The number of nitrogens with one attached hydrogen (secondary N) is 1. The average molecular weight is 389 g/mol. The molecule has 0 aliphatic carbocycles. The van der Waals surface area contributed by atoms with E-state index in [2.05, 4.69) is 10.3 Å². The van der Waals surface area contributed by atoms with Gasteiger partial charge in [-0.1, -0.05) is 30.3 Å². The molecular formula is C21H12FN3O2S. The topological polar surface area (TPSA) is 78.9 Å². The van der Waals surface area contributed by atoms with Crippen molar-refractivity contribution in [3.8, 4) is 17.3 Å². The first-order valence-corrected chi connectivity index (χ1v) is 9.14. The molecule has 0 saturated carbocycles. The van der Waals surface area contributed by atoms with Crippen LogP contribution in [-0.4, -0.2) is 4.98 Å². The van der Waals surface area contributed by atoms with Crippen molar-refractivity contribution in [2.24, 2.45) is 0 Å². The van der Waals surface area contributed by atoms with Gasteiger partial charge in [-0.25, -0.2) is 14.2 Å². The van der Waals surface area contributed by atoms with E-state index in [1.165, 1.54) is 23.6 Å². The number of nitriles is 1. The van der Waals surface area contributed by atoms with Gasteiger partial charge in [-0.15, -0.1) is 11.3 Å². The molecule has 2 aromatic heterocycles. The Morgan fingerprint density at radius 2 is 2.00 bits per heavy atom. The maximum Gasteiger partial charge on any atom is 0.345 e. The molecule has 0 aliphatic rings. The van der Waals surface area contributed by atoms with Gasteiger partial charge in [0.05, 0.1) is 16.9 Å². The van der Waals surface area contributed by atoms with Crippen LogP contribution in [0.15, 0.2) is 75.4 Å². The number of anilines is 1. The average Bonchev–Trinajstić information content (AvgIpc) is 3.19. The van der Waals surface area contributed by atoms with Crippen molar-refractivity contribution < 1.29 is 8.81 Å². The summed E-state index contributed by atoms with van der Waals surface area (Å²) in [5, 5.41) is 15.1. The fourth-order valence-electron chi connectivity index (χ4n) is 2.63. The first kappa shape index (κ1) is 17.6. The molecule has 0 amide bonds. The fourth-order valence-corrected chi connectivity index (χ4v) is 3.42. The molecule has 0 atom stereocenters. The van der Waals surface area contributed by atoms with E-state index in [0.717, 1.165) is 5.39 Å². The van der Waals surface area contributed by atoms with Crippen molar-refractivity contribution in [2.75, 3.05) is 5.32 Å². The van der Waals surface area contributed by atoms with E-state index in [9.17, 15) is 14.4 Å². The molecule has 0 unspecified atom stereocenters. The minimum Gasteiger partial charge on any atom is -0.422 e. The van der Waals surface area contributed by atoms with E-state index in [1.807, 2.05) is 18.2 Å². The zero-order chi connectivity index (χ0) is 19.5. The van der Waals surface area contributed by atoms with Crippen LogP contribution in [0.5, 0.6) is 0 Å². The van der Waals surface area contributed by atoms with Gasteiger partial charge < -0.3 is 9.73 Å². The van der Waals surface area contributed by atoms with Crippen LogP contribution in [0.2, 0.25) is 0 Å². The number of halogens is 1. The lowest BCUT2D eigenvalue weighted by molar-refractivity contribution is 0.563. The monoisotopic (exact) mass is 389 g/mol. The Kier molecular flexibility index (Phi) is 4.70. The molecule has 0 bridgehead atoms. The van der Waals surface area contributed by atoms with Crippen molar-refractivity contribution in [2.45, 2.75) is 0 Å². The summed E-state index contributed by atoms with van der Waals surface area (Å²) in [6.45, 7) is 0. The lowest BCUT2D eigenvalue weighted by Crippen LogP contribution is -2.02. The van der Waals surface area contributed by atoms with Crippen molar-refractivity contribution >= 4 is 33.6 Å². The smallest absolute Gasteiger partial charge is 0.345 e.